The Bertz CT molecular complexity index is 948. The fourth-order valence-corrected chi connectivity index (χ4v) is 3.32. The lowest BCUT2D eigenvalue weighted by atomic mass is 9.91. The molecular weight excluding hydrogens is 292 g/mol. The second-order valence-electron chi connectivity index (χ2n) is 6.32. The second kappa shape index (κ2) is 6.01. The summed E-state index contributed by atoms with van der Waals surface area (Å²) in [4.78, 5) is 0. The fraction of sp³-hybridized carbons (Fsp3) is 0.130. The summed E-state index contributed by atoms with van der Waals surface area (Å²) in [7, 11) is 0. The van der Waals surface area contributed by atoms with Crippen LogP contribution < -0.4 is 4.74 Å². The van der Waals surface area contributed by atoms with Crippen LogP contribution in [0.4, 0.5) is 0 Å². The van der Waals surface area contributed by atoms with Crippen molar-refractivity contribution >= 4 is 10.8 Å². The number of ether oxygens (including phenoxy) is 1. The molecule has 3 aromatic rings. The van der Waals surface area contributed by atoms with Crippen molar-refractivity contribution in [2.75, 3.05) is 0 Å². The summed E-state index contributed by atoms with van der Waals surface area (Å²) in [6.45, 7) is 4.38. The van der Waals surface area contributed by atoms with E-state index in [4.69, 9.17) is 4.74 Å². The van der Waals surface area contributed by atoms with Crippen molar-refractivity contribution in [3.8, 4) is 11.5 Å². The summed E-state index contributed by atoms with van der Waals surface area (Å²) >= 11 is 0. The molecular formula is C23H20O. The van der Waals surface area contributed by atoms with Gasteiger partial charge in [0, 0.05) is 16.9 Å². The average Bonchev–Trinajstić information content (AvgIpc) is 2.95. The van der Waals surface area contributed by atoms with E-state index in [1.165, 1.54) is 22.1 Å². The van der Waals surface area contributed by atoms with E-state index in [0.717, 1.165) is 16.9 Å². The normalized spacial score (nSPS) is 16.8. The molecule has 3 aromatic carbocycles. The smallest absolute Gasteiger partial charge is 0.139 e. The van der Waals surface area contributed by atoms with E-state index in [-0.39, 0.29) is 5.92 Å². The number of benzene rings is 3. The molecule has 24 heavy (non-hydrogen) atoms. The van der Waals surface area contributed by atoms with Gasteiger partial charge in [0.1, 0.15) is 11.5 Å². The zero-order valence-electron chi connectivity index (χ0n) is 14.0. The molecule has 0 saturated carbocycles. The first-order valence-corrected chi connectivity index (χ1v) is 8.34. The van der Waals surface area contributed by atoms with E-state index in [1.807, 2.05) is 30.3 Å². The van der Waals surface area contributed by atoms with Gasteiger partial charge >= 0.3 is 0 Å². The SMILES string of the molecule is CC1=C(C)C(c2ccc3ccccc3c2Oc2ccccc2)C=C1. The highest BCUT2D eigenvalue weighted by Crippen LogP contribution is 2.43. The highest BCUT2D eigenvalue weighted by atomic mass is 16.5. The first-order valence-electron chi connectivity index (χ1n) is 8.34. The molecule has 0 radical (unpaired) electrons. The van der Waals surface area contributed by atoms with Crippen molar-refractivity contribution in [1.82, 2.24) is 0 Å². The lowest BCUT2D eigenvalue weighted by Gasteiger charge is -2.19. The van der Waals surface area contributed by atoms with E-state index < -0.39 is 0 Å². The average molecular weight is 312 g/mol. The predicted molar refractivity (Wildman–Crippen MR) is 101 cm³/mol. The van der Waals surface area contributed by atoms with Crippen molar-refractivity contribution in [2.45, 2.75) is 19.8 Å². The highest BCUT2D eigenvalue weighted by Gasteiger charge is 2.22. The molecule has 118 valence electrons. The minimum atomic E-state index is 0.285. The maximum atomic E-state index is 6.36. The van der Waals surface area contributed by atoms with Crippen LogP contribution in [0.25, 0.3) is 10.8 Å². The largest absolute Gasteiger partial charge is 0.456 e. The molecule has 1 nitrogen and oxygen atoms in total. The second-order valence-corrected chi connectivity index (χ2v) is 6.32. The maximum absolute atomic E-state index is 6.36. The molecule has 1 heteroatoms. The van der Waals surface area contributed by atoms with Crippen molar-refractivity contribution in [3.05, 3.63) is 95.6 Å². The molecule has 0 spiro atoms. The van der Waals surface area contributed by atoms with Crippen LogP contribution >= 0.6 is 0 Å². The lowest BCUT2D eigenvalue weighted by Crippen LogP contribution is -1.99. The van der Waals surface area contributed by atoms with Gasteiger partial charge in [-0.05, 0) is 31.4 Å². The number of rotatable bonds is 3. The topological polar surface area (TPSA) is 9.23 Å². The number of hydrogen-bond acceptors (Lipinski definition) is 1. The van der Waals surface area contributed by atoms with Gasteiger partial charge in [-0.1, -0.05) is 77.9 Å². The van der Waals surface area contributed by atoms with Crippen LogP contribution in [0.3, 0.4) is 0 Å². The van der Waals surface area contributed by atoms with E-state index in [9.17, 15) is 0 Å². The van der Waals surface area contributed by atoms with Gasteiger partial charge in [-0.15, -0.1) is 0 Å². The minimum absolute atomic E-state index is 0.285. The molecule has 1 aliphatic carbocycles. The third-order valence-electron chi connectivity index (χ3n) is 4.84. The zero-order chi connectivity index (χ0) is 16.5. The quantitative estimate of drug-likeness (QED) is 0.528. The van der Waals surface area contributed by atoms with Gasteiger partial charge in [0.05, 0.1) is 0 Å². The Morgan fingerprint density at radius 2 is 1.54 bits per heavy atom. The summed E-state index contributed by atoms with van der Waals surface area (Å²) in [6.07, 6.45) is 4.48. The van der Waals surface area contributed by atoms with Crippen LogP contribution in [0.1, 0.15) is 25.3 Å². The van der Waals surface area contributed by atoms with Gasteiger partial charge in [-0.2, -0.15) is 0 Å². The molecule has 0 fully saturated rings. The third kappa shape index (κ3) is 2.52. The fourth-order valence-electron chi connectivity index (χ4n) is 3.32. The van der Waals surface area contributed by atoms with Gasteiger partial charge in [0.15, 0.2) is 0 Å². The van der Waals surface area contributed by atoms with E-state index in [0.29, 0.717) is 0 Å². The highest BCUT2D eigenvalue weighted by molar-refractivity contribution is 5.90. The summed E-state index contributed by atoms with van der Waals surface area (Å²) in [6, 6.07) is 22.8. The Hall–Kier alpha value is -2.80. The molecule has 0 saturated heterocycles. The molecule has 0 bridgehead atoms. The minimum Gasteiger partial charge on any atom is -0.456 e. The van der Waals surface area contributed by atoms with Crippen molar-refractivity contribution < 1.29 is 4.74 Å². The molecule has 0 N–H and O–H groups in total. The molecule has 0 heterocycles. The van der Waals surface area contributed by atoms with Gasteiger partial charge in [-0.25, -0.2) is 0 Å². The monoisotopic (exact) mass is 312 g/mol. The van der Waals surface area contributed by atoms with Crippen LogP contribution in [0, 0.1) is 0 Å². The summed E-state index contributed by atoms with van der Waals surface area (Å²) in [5.41, 5.74) is 3.96. The number of para-hydroxylation sites is 1. The van der Waals surface area contributed by atoms with Crippen molar-refractivity contribution in [1.29, 1.82) is 0 Å². The van der Waals surface area contributed by atoms with Crippen LogP contribution in [0.5, 0.6) is 11.5 Å². The Morgan fingerprint density at radius 3 is 2.29 bits per heavy atom. The number of allylic oxidation sites excluding steroid dienone is 4. The summed E-state index contributed by atoms with van der Waals surface area (Å²) < 4.78 is 6.36. The van der Waals surface area contributed by atoms with Crippen LogP contribution in [-0.2, 0) is 0 Å². The first kappa shape index (κ1) is 14.8. The van der Waals surface area contributed by atoms with Crippen LogP contribution in [0.15, 0.2) is 90.0 Å². The van der Waals surface area contributed by atoms with Gasteiger partial charge in [0.25, 0.3) is 0 Å². The lowest BCUT2D eigenvalue weighted by molar-refractivity contribution is 0.481. The molecule has 0 aliphatic heterocycles. The Balaban J connectivity index is 1.90. The molecule has 4 rings (SSSR count). The van der Waals surface area contributed by atoms with Crippen molar-refractivity contribution in [3.63, 3.8) is 0 Å². The van der Waals surface area contributed by atoms with E-state index >= 15 is 0 Å². The Kier molecular flexibility index (Phi) is 3.70. The van der Waals surface area contributed by atoms with Crippen molar-refractivity contribution in [2.24, 2.45) is 0 Å². The number of hydrogen-bond donors (Lipinski definition) is 0. The molecule has 1 atom stereocenters. The van der Waals surface area contributed by atoms with Gasteiger partial charge < -0.3 is 4.74 Å². The first-order chi connectivity index (χ1) is 11.7. The van der Waals surface area contributed by atoms with Gasteiger partial charge in [0.2, 0.25) is 0 Å². The zero-order valence-corrected chi connectivity index (χ0v) is 14.0. The third-order valence-corrected chi connectivity index (χ3v) is 4.84. The molecule has 0 aromatic heterocycles. The number of fused-ring (bicyclic) bond motifs is 1. The summed E-state index contributed by atoms with van der Waals surface area (Å²) in [5.74, 6) is 2.12. The Labute approximate surface area is 142 Å². The molecule has 1 unspecified atom stereocenters. The molecule has 1 aliphatic rings. The van der Waals surface area contributed by atoms with Crippen LogP contribution in [-0.4, -0.2) is 0 Å². The Morgan fingerprint density at radius 1 is 0.792 bits per heavy atom. The van der Waals surface area contributed by atoms with Gasteiger partial charge in [-0.3, -0.25) is 0 Å². The van der Waals surface area contributed by atoms with E-state index in [2.05, 4.69) is 62.4 Å². The van der Waals surface area contributed by atoms with Crippen LogP contribution in [0.2, 0.25) is 0 Å². The predicted octanol–water partition coefficient (Wildman–Crippen LogP) is 6.62. The summed E-state index contributed by atoms with van der Waals surface area (Å²) in [5, 5.41) is 2.36. The standard InChI is InChI=1S/C23H20O/c1-16-12-14-20(17(16)2)22-15-13-18-8-6-7-11-21(18)23(22)24-19-9-4-3-5-10-19/h3-15,20H,1-2H3. The van der Waals surface area contributed by atoms with E-state index in [1.54, 1.807) is 0 Å². The maximum Gasteiger partial charge on any atom is 0.139 e. The molecule has 0 amide bonds.